The van der Waals surface area contributed by atoms with Crippen molar-refractivity contribution in [3.8, 4) is 22.9 Å². The van der Waals surface area contributed by atoms with Gasteiger partial charge in [0.25, 0.3) is 5.91 Å². The first-order valence-electron chi connectivity index (χ1n) is 11.0. The molecule has 0 atom stereocenters. The van der Waals surface area contributed by atoms with Crippen LogP contribution < -0.4 is 20.9 Å². The fourth-order valence-electron chi connectivity index (χ4n) is 3.61. The lowest BCUT2D eigenvalue weighted by atomic mass is 10.1. The SMILES string of the molecule is COc1cc(C(=O)N2CCN(C)CC2)ccc1Sc1nc(N)nc(-c2cc(OCN)c(Cl)cc2Cl)n1. The Morgan fingerprint density at radius 3 is 2.50 bits per heavy atom. The molecule has 1 fully saturated rings. The molecule has 0 unspecified atom stereocenters. The van der Waals surface area contributed by atoms with Crippen LogP contribution in [0.2, 0.25) is 10.0 Å². The largest absolute Gasteiger partial charge is 0.496 e. The van der Waals surface area contributed by atoms with Crippen molar-refractivity contribution in [3.05, 3.63) is 45.9 Å². The number of rotatable bonds is 7. The number of methoxy groups -OCH3 is 1. The van der Waals surface area contributed by atoms with Crippen molar-refractivity contribution >= 4 is 46.8 Å². The molecule has 190 valence electrons. The van der Waals surface area contributed by atoms with Gasteiger partial charge in [-0.15, -0.1) is 0 Å². The van der Waals surface area contributed by atoms with Crippen LogP contribution in [0.5, 0.6) is 11.5 Å². The van der Waals surface area contributed by atoms with Gasteiger partial charge >= 0.3 is 0 Å². The molecule has 0 saturated carbocycles. The second-order valence-electron chi connectivity index (χ2n) is 7.94. The van der Waals surface area contributed by atoms with Crippen molar-refractivity contribution in [1.82, 2.24) is 24.8 Å². The molecule has 13 heteroatoms. The molecule has 1 saturated heterocycles. The molecule has 36 heavy (non-hydrogen) atoms. The second-order valence-corrected chi connectivity index (χ2v) is 9.76. The average molecular weight is 550 g/mol. The standard InChI is InChI=1S/C23H25Cl2N7O3S/c1-31-5-7-32(8-6-31)21(33)13-3-4-19(18(9-13)34-2)36-23-29-20(28-22(27)30-23)14-10-17(35-12-26)16(25)11-15(14)24/h3-4,9-11H,5-8,12,26H2,1-2H3,(H2,27,28,29,30). The quantitative estimate of drug-likeness (QED) is 0.423. The number of halogens is 2. The first kappa shape index (κ1) is 26.2. The molecule has 4 N–H and O–H groups in total. The number of nitrogen functional groups attached to an aromatic ring is 1. The summed E-state index contributed by atoms with van der Waals surface area (Å²) in [7, 11) is 3.59. The van der Waals surface area contributed by atoms with E-state index in [2.05, 4.69) is 19.9 Å². The lowest BCUT2D eigenvalue weighted by Crippen LogP contribution is -2.47. The van der Waals surface area contributed by atoms with Gasteiger partial charge in [0.2, 0.25) is 5.95 Å². The number of ether oxygens (including phenoxy) is 2. The third-order valence-corrected chi connectivity index (χ3v) is 7.07. The van der Waals surface area contributed by atoms with Gasteiger partial charge in [0.05, 0.1) is 22.1 Å². The van der Waals surface area contributed by atoms with Crippen LogP contribution in [-0.2, 0) is 0 Å². The van der Waals surface area contributed by atoms with E-state index in [1.807, 2.05) is 11.9 Å². The van der Waals surface area contributed by atoms with Crippen LogP contribution in [0, 0.1) is 0 Å². The Hall–Kier alpha value is -2.83. The summed E-state index contributed by atoms with van der Waals surface area (Å²) >= 11 is 13.8. The highest BCUT2D eigenvalue weighted by molar-refractivity contribution is 7.99. The molecule has 0 bridgehead atoms. The van der Waals surface area contributed by atoms with E-state index >= 15 is 0 Å². The Labute approximate surface area is 222 Å². The maximum atomic E-state index is 13.0. The Kier molecular flexibility index (Phi) is 8.37. The van der Waals surface area contributed by atoms with E-state index in [1.165, 1.54) is 17.8 Å². The normalized spacial score (nSPS) is 14.1. The molecule has 4 rings (SSSR count). The first-order chi connectivity index (χ1) is 17.3. The molecule has 1 aliphatic rings. The number of carbonyl (C=O) groups is 1. The van der Waals surface area contributed by atoms with Crippen LogP contribution in [0.25, 0.3) is 11.4 Å². The van der Waals surface area contributed by atoms with Gasteiger partial charge in [-0.2, -0.15) is 9.97 Å². The third kappa shape index (κ3) is 5.93. The molecule has 10 nitrogen and oxygen atoms in total. The van der Waals surface area contributed by atoms with Crippen LogP contribution in [-0.4, -0.2) is 77.7 Å². The fourth-order valence-corrected chi connectivity index (χ4v) is 4.98. The van der Waals surface area contributed by atoms with Crippen molar-refractivity contribution in [1.29, 1.82) is 0 Å². The van der Waals surface area contributed by atoms with Crippen molar-refractivity contribution in [2.75, 3.05) is 52.8 Å². The Bertz CT molecular complexity index is 1270. The van der Waals surface area contributed by atoms with E-state index < -0.39 is 0 Å². The minimum Gasteiger partial charge on any atom is -0.496 e. The van der Waals surface area contributed by atoms with E-state index in [1.54, 1.807) is 31.4 Å². The molecule has 0 radical (unpaired) electrons. The summed E-state index contributed by atoms with van der Waals surface area (Å²) in [6, 6.07) is 8.41. The van der Waals surface area contributed by atoms with Gasteiger partial charge in [-0.3, -0.25) is 10.5 Å². The van der Waals surface area contributed by atoms with Crippen molar-refractivity contribution in [2.24, 2.45) is 5.73 Å². The lowest BCUT2D eigenvalue weighted by molar-refractivity contribution is 0.0663. The molecule has 1 amide bonds. The fraction of sp³-hybridized carbons (Fsp3) is 0.304. The summed E-state index contributed by atoms with van der Waals surface area (Å²) in [5.41, 5.74) is 12.5. The van der Waals surface area contributed by atoms with Gasteiger partial charge < -0.3 is 25.0 Å². The molecular weight excluding hydrogens is 525 g/mol. The van der Waals surface area contributed by atoms with E-state index in [9.17, 15) is 4.79 Å². The number of benzene rings is 2. The predicted octanol–water partition coefficient (Wildman–Crippen LogP) is 3.27. The number of anilines is 1. The summed E-state index contributed by atoms with van der Waals surface area (Å²) in [6.07, 6.45) is 0. The van der Waals surface area contributed by atoms with Crippen molar-refractivity contribution < 1.29 is 14.3 Å². The van der Waals surface area contributed by atoms with Crippen LogP contribution in [0.4, 0.5) is 5.95 Å². The molecule has 1 aromatic heterocycles. The maximum absolute atomic E-state index is 13.0. The summed E-state index contributed by atoms with van der Waals surface area (Å²) in [5, 5.41) is 0.943. The summed E-state index contributed by atoms with van der Waals surface area (Å²) in [4.78, 5) is 30.7. The number of carbonyl (C=O) groups excluding carboxylic acids is 1. The zero-order valence-electron chi connectivity index (χ0n) is 19.7. The zero-order valence-corrected chi connectivity index (χ0v) is 22.0. The third-order valence-electron chi connectivity index (χ3n) is 5.54. The Morgan fingerprint density at radius 1 is 1.06 bits per heavy atom. The van der Waals surface area contributed by atoms with Gasteiger partial charge in [0.15, 0.2) is 11.0 Å². The van der Waals surface area contributed by atoms with Gasteiger partial charge in [-0.05, 0) is 49.1 Å². The van der Waals surface area contributed by atoms with Crippen LogP contribution >= 0.6 is 35.0 Å². The van der Waals surface area contributed by atoms with Crippen molar-refractivity contribution in [3.63, 3.8) is 0 Å². The molecule has 3 aromatic rings. The highest BCUT2D eigenvalue weighted by atomic mass is 35.5. The van der Waals surface area contributed by atoms with Gasteiger partial charge in [0.1, 0.15) is 18.2 Å². The number of nitrogens with two attached hydrogens (primary N) is 2. The Morgan fingerprint density at radius 2 is 1.81 bits per heavy atom. The summed E-state index contributed by atoms with van der Waals surface area (Å²) in [5.74, 6) is 1.08. The molecule has 0 spiro atoms. The first-order valence-corrected chi connectivity index (χ1v) is 12.5. The van der Waals surface area contributed by atoms with Gasteiger partial charge in [-0.25, -0.2) is 4.98 Å². The molecule has 2 aromatic carbocycles. The molecule has 0 aliphatic carbocycles. The monoisotopic (exact) mass is 549 g/mol. The van der Waals surface area contributed by atoms with E-state index in [4.69, 9.17) is 44.1 Å². The number of hydrogen-bond donors (Lipinski definition) is 2. The molecule has 1 aliphatic heterocycles. The number of likely N-dealkylation sites (N-methyl/N-ethyl adjacent to an activating group) is 1. The average Bonchev–Trinajstić information content (AvgIpc) is 2.85. The van der Waals surface area contributed by atoms with Crippen molar-refractivity contribution in [2.45, 2.75) is 10.1 Å². The minimum atomic E-state index is -0.0612. The Balaban J connectivity index is 1.61. The second kappa shape index (κ2) is 11.5. The minimum absolute atomic E-state index is 0.00985. The maximum Gasteiger partial charge on any atom is 0.254 e. The van der Waals surface area contributed by atoms with Gasteiger partial charge in [-0.1, -0.05) is 23.2 Å². The van der Waals surface area contributed by atoms with Crippen LogP contribution in [0.1, 0.15) is 10.4 Å². The van der Waals surface area contributed by atoms with E-state index in [-0.39, 0.29) is 24.4 Å². The highest BCUT2D eigenvalue weighted by Crippen LogP contribution is 2.38. The van der Waals surface area contributed by atoms with E-state index in [0.29, 0.717) is 55.8 Å². The number of nitrogens with zero attached hydrogens (tertiary/aromatic N) is 5. The van der Waals surface area contributed by atoms with Crippen LogP contribution in [0.3, 0.4) is 0 Å². The highest BCUT2D eigenvalue weighted by Gasteiger charge is 2.22. The molecular formula is C23H25Cl2N7O3S. The number of piperazine rings is 1. The lowest BCUT2D eigenvalue weighted by Gasteiger charge is -2.32. The van der Waals surface area contributed by atoms with Crippen LogP contribution in [0.15, 0.2) is 40.4 Å². The summed E-state index contributed by atoms with van der Waals surface area (Å²) < 4.78 is 10.9. The predicted molar refractivity (Wildman–Crippen MR) is 140 cm³/mol. The number of amides is 1. The topological polar surface area (TPSA) is 133 Å². The molecule has 2 heterocycles. The number of hydrogen-bond acceptors (Lipinski definition) is 10. The van der Waals surface area contributed by atoms with Gasteiger partial charge in [0, 0.05) is 37.3 Å². The summed E-state index contributed by atoms with van der Waals surface area (Å²) in [6.45, 7) is 3.00. The smallest absolute Gasteiger partial charge is 0.254 e. The number of aromatic nitrogens is 3. The zero-order chi connectivity index (χ0) is 25.8. The van der Waals surface area contributed by atoms with E-state index in [0.717, 1.165) is 13.1 Å².